The molecule has 0 unspecified atom stereocenters. The number of hydrogen-bond acceptors (Lipinski definition) is 5. The zero-order chi connectivity index (χ0) is 25.7. The standard InChI is InChI=1S/C26H28F3N5O2/c1-14(18-6-5-7-19(24(18)27)25(28)29)30-26-20-10-22-23(11-21(20)32(4)15(2)31-26)36-13-17-12-33(16(3)35)8-9-34(17)22/h5-7,10-11,14,17,25H,8-9,12-13H2,1-4H3/b30-26-/t14-,17+/m1/s1. The van der Waals surface area contributed by atoms with E-state index in [0.29, 0.717) is 37.6 Å². The van der Waals surface area contributed by atoms with Gasteiger partial charge in [0.15, 0.2) is 5.49 Å². The van der Waals surface area contributed by atoms with Crippen LogP contribution in [-0.4, -0.2) is 52.6 Å². The minimum Gasteiger partial charge on any atom is -0.489 e. The van der Waals surface area contributed by atoms with Crippen LogP contribution in [0.1, 0.15) is 43.3 Å². The minimum absolute atomic E-state index is 0.0326. The van der Waals surface area contributed by atoms with Crippen molar-refractivity contribution in [3.8, 4) is 5.75 Å². The quantitative estimate of drug-likeness (QED) is 0.546. The number of hydrogen-bond donors (Lipinski definition) is 0. The highest BCUT2D eigenvalue weighted by molar-refractivity contribution is 5.86. The summed E-state index contributed by atoms with van der Waals surface area (Å²) in [6.45, 7) is 7.44. The van der Waals surface area contributed by atoms with E-state index in [-0.39, 0.29) is 17.5 Å². The molecule has 1 aromatic heterocycles. The van der Waals surface area contributed by atoms with Gasteiger partial charge in [0, 0.05) is 50.6 Å². The molecule has 190 valence electrons. The third-order valence-corrected chi connectivity index (χ3v) is 7.16. The number of carbonyl (C=O) groups is 1. The number of ether oxygens (including phenoxy) is 1. The molecule has 2 aromatic carbocycles. The molecule has 0 saturated carbocycles. The summed E-state index contributed by atoms with van der Waals surface area (Å²) in [5.74, 6) is 0.539. The average molecular weight is 500 g/mol. The Labute approximate surface area is 206 Å². The number of aromatic nitrogens is 2. The van der Waals surface area contributed by atoms with Crippen LogP contribution in [0.25, 0.3) is 10.9 Å². The van der Waals surface area contributed by atoms with Crippen LogP contribution in [0, 0.1) is 12.7 Å². The summed E-state index contributed by atoms with van der Waals surface area (Å²) in [6, 6.07) is 7.21. The smallest absolute Gasteiger partial charge is 0.266 e. The number of piperazine rings is 1. The summed E-state index contributed by atoms with van der Waals surface area (Å²) in [7, 11) is 1.90. The Morgan fingerprint density at radius 3 is 2.69 bits per heavy atom. The number of amides is 1. The highest BCUT2D eigenvalue weighted by Crippen LogP contribution is 2.38. The van der Waals surface area contributed by atoms with E-state index in [9.17, 15) is 18.0 Å². The van der Waals surface area contributed by atoms with Gasteiger partial charge in [-0.3, -0.25) is 9.79 Å². The lowest BCUT2D eigenvalue weighted by molar-refractivity contribution is -0.129. The van der Waals surface area contributed by atoms with Gasteiger partial charge in [-0.05, 0) is 19.9 Å². The van der Waals surface area contributed by atoms with Crippen LogP contribution in [-0.2, 0) is 11.8 Å². The number of carbonyl (C=O) groups excluding carboxylic acids is 1. The first-order chi connectivity index (χ1) is 17.2. The number of aryl methyl sites for hydroxylation is 2. The summed E-state index contributed by atoms with van der Waals surface area (Å²) >= 11 is 0. The number of alkyl halides is 2. The summed E-state index contributed by atoms with van der Waals surface area (Å²) in [5, 5.41) is 0.748. The number of halogens is 3. The molecule has 0 N–H and O–H groups in total. The molecule has 7 nitrogen and oxygen atoms in total. The van der Waals surface area contributed by atoms with Gasteiger partial charge in [0.25, 0.3) is 6.43 Å². The second-order valence-corrected chi connectivity index (χ2v) is 9.36. The third kappa shape index (κ3) is 4.08. The fourth-order valence-electron chi connectivity index (χ4n) is 5.02. The average Bonchev–Trinajstić information content (AvgIpc) is 2.85. The summed E-state index contributed by atoms with van der Waals surface area (Å²) in [5.41, 5.74) is 1.60. The van der Waals surface area contributed by atoms with Crippen LogP contribution in [0.5, 0.6) is 5.75 Å². The van der Waals surface area contributed by atoms with E-state index in [1.165, 1.54) is 12.1 Å². The lowest BCUT2D eigenvalue weighted by Gasteiger charge is -2.45. The van der Waals surface area contributed by atoms with E-state index in [0.717, 1.165) is 28.4 Å². The van der Waals surface area contributed by atoms with Crippen molar-refractivity contribution in [2.75, 3.05) is 31.1 Å². The predicted octanol–water partition coefficient (Wildman–Crippen LogP) is 4.05. The Bertz CT molecular complexity index is 1420. The molecular formula is C26H28F3N5O2. The number of benzene rings is 2. The molecule has 2 aliphatic rings. The van der Waals surface area contributed by atoms with Crippen molar-refractivity contribution < 1.29 is 22.7 Å². The van der Waals surface area contributed by atoms with Crippen molar-refractivity contribution in [2.24, 2.45) is 12.0 Å². The number of fused-ring (bicyclic) bond motifs is 4. The zero-order valence-corrected chi connectivity index (χ0v) is 20.6. The maximum atomic E-state index is 14.8. The Morgan fingerprint density at radius 1 is 1.22 bits per heavy atom. The van der Waals surface area contributed by atoms with E-state index >= 15 is 0 Å². The molecule has 2 atom stereocenters. The van der Waals surface area contributed by atoms with Crippen molar-refractivity contribution in [1.29, 1.82) is 0 Å². The SMILES string of the molecule is CC(=O)N1CCN2c3cc4/c(=N/[C@H](C)c5cccc(C(F)F)c5F)nc(C)n(C)c4cc3OC[C@@H]2C1. The molecule has 5 rings (SSSR count). The van der Waals surface area contributed by atoms with Gasteiger partial charge in [0.05, 0.1) is 28.9 Å². The molecule has 1 fully saturated rings. The third-order valence-electron chi connectivity index (χ3n) is 7.16. The molecule has 0 bridgehead atoms. The summed E-state index contributed by atoms with van der Waals surface area (Å²) in [6.07, 6.45) is -2.91. The molecule has 0 radical (unpaired) electrons. The first-order valence-corrected chi connectivity index (χ1v) is 11.9. The highest BCUT2D eigenvalue weighted by atomic mass is 19.3. The van der Waals surface area contributed by atoms with Crippen molar-refractivity contribution >= 4 is 22.5 Å². The predicted molar refractivity (Wildman–Crippen MR) is 130 cm³/mol. The molecule has 1 amide bonds. The zero-order valence-electron chi connectivity index (χ0n) is 20.6. The number of nitrogens with zero attached hydrogens (tertiary/aromatic N) is 5. The van der Waals surface area contributed by atoms with Crippen molar-refractivity contribution in [3.05, 3.63) is 58.6 Å². The first kappa shape index (κ1) is 24.1. The molecule has 0 aliphatic carbocycles. The van der Waals surface area contributed by atoms with Crippen LogP contribution in [0.3, 0.4) is 0 Å². The van der Waals surface area contributed by atoms with Crippen LogP contribution in [0.4, 0.5) is 18.9 Å². The lowest BCUT2D eigenvalue weighted by atomic mass is 10.0. The molecule has 10 heteroatoms. The van der Waals surface area contributed by atoms with Gasteiger partial charge < -0.3 is 19.1 Å². The van der Waals surface area contributed by atoms with Crippen LogP contribution in [0.2, 0.25) is 0 Å². The van der Waals surface area contributed by atoms with Crippen molar-refractivity contribution in [3.63, 3.8) is 0 Å². The van der Waals surface area contributed by atoms with Gasteiger partial charge in [-0.25, -0.2) is 18.2 Å². The fraction of sp³-hybridized carbons (Fsp3) is 0.423. The van der Waals surface area contributed by atoms with Crippen LogP contribution < -0.4 is 15.1 Å². The molecular weight excluding hydrogens is 471 g/mol. The van der Waals surface area contributed by atoms with E-state index in [2.05, 4.69) is 14.9 Å². The second-order valence-electron chi connectivity index (χ2n) is 9.36. The molecule has 2 aliphatic heterocycles. The normalized spacial score (nSPS) is 18.8. The molecule has 3 heterocycles. The molecule has 36 heavy (non-hydrogen) atoms. The Hall–Kier alpha value is -3.56. The number of anilines is 1. The Balaban J connectivity index is 1.63. The Kier molecular flexibility index (Phi) is 6.13. The number of rotatable bonds is 3. The summed E-state index contributed by atoms with van der Waals surface area (Å²) in [4.78, 5) is 25.3. The van der Waals surface area contributed by atoms with Gasteiger partial charge in [-0.1, -0.05) is 18.2 Å². The minimum atomic E-state index is -2.91. The Morgan fingerprint density at radius 2 is 1.97 bits per heavy atom. The topological polar surface area (TPSA) is 63.0 Å². The van der Waals surface area contributed by atoms with Crippen LogP contribution >= 0.6 is 0 Å². The maximum absolute atomic E-state index is 14.8. The van der Waals surface area contributed by atoms with Crippen LogP contribution in [0.15, 0.2) is 35.3 Å². The fourth-order valence-corrected chi connectivity index (χ4v) is 5.02. The molecule has 0 spiro atoms. The second kappa shape index (κ2) is 9.15. The monoisotopic (exact) mass is 499 g/mol. The molecule has 1 saturated heterocycles. The van der Waals surface area contributed by atoms with Gasteiger partial charge in [-0.15, -0.1) is 0 Å². The van der Waals surface area contributed by atoms with Gasteiger partial charge in [0.2, 0.25) is 5.91 Å². The largest absolute Gasteiger partial charge is 0.489 e. The van der Waals surface area contributed by atoms with Gasteiger partial charge >= 0.3 is 0 Å². The molecule has 3 aromatic rings. The van der Waals surface area contributed by atoms with E-state index < -0.39 is 23.8 Å². The van der Waals surface area contributed by atoms with Crippen molar-refractivity contribution in [2.45, 2.75) is 39.3 Å². The lowest BCUT2D eigenvalue weighted by Crippen LogP contribution is -2.58. The van der Waals surface area contributed by atoms with E-state index in [1.54, 1.807) is 13.8 Å². The van der Waals surface area contributed by atoms with Gasteiger partial charge in [-0.2, -0.15) is 0 Å². The van der Waals surface area contributed by atoms with Crippen molar-refractivity contribution in [1.82, 2.24) is 14.5 Å². The maximum Gasteiger partial charge on any atom is 0.266 e. The van der Waals surface area contributed by atoms with E-state index in [4.69, 9.17) is 4.74 Å². The highest BCUT2D eigenvalue weighted by Gasteiger charge is 2.34. The van der Waals surface area contributed by atoms with Gasteiger partial charge in [0.1, 0.15) is 24.0 Å². The summed E-state index contributed by atoms with van der Waals surface area (Å²) < 4.78 is 49.3. The first-order valence-electron chi connectivity index (χ1n) is 11.9. The van der Waals surface area contributed by atoms with E-state index in [1.807, 2.05) is 35.6 Å².